The molecule has 1 aromatic rings. The van der Waals surface area contributed by atoms with Crippen LogP contribution in [0.4, 0.5) is 5.69 Å². The van der Waals surface area contributed by atoms with E-state index in [0.717, 1.165) is 24.8 Å². The molecule has 0 aromatic heterocycles. The van der Waals surface area contributed by atoms with Crippen LogP contribution in [0.25, 0.3) is 0 Å². The lowest BCUT2D eigenvalue weighted by atomic mass is 10.2. The van der Waals surface area contributed by atoms with Gasteiger partial charge in [-0.3, -0.25) is 0 Å². The zero-order valence-electron chi connectivity index (χ0n) is 8.65. The van der Waals surface area contributed by atoms with E-state index in [2.05, 4.69) is 16.0 Å². The third-order valence-corrected chi connectivity index (χ3v) is 2.94. The van der Waals surface area contributed by atoms with Gasteiger partial charge in [0.25, 0.3) is 6.02 Å². The summed E-state index contributed by atoms with van der Waals surface area (Å²) < 4.78 is 5.66. The van der Waals surface area contributed by atoms with Crippen LogP contribution >= 0.6 is 0 Å². The van der Waals surface area contributed by atoms with Gasteiger partial charge in [0.1, 0.15) is 6.61 Å². The van der Waals surface area contributed by atoms with Crippen molar-refractivity contribution in [2.45, 2.75) is 19.4 Å². The molecule has 2 aliphatic rings. The molecule has 15 heavy (non-hydrogen) atoms. The van der Waals surface area contributed by atoms with Gasteiger partial charge in [-0.1, -0.05) is 18.2 Å². The van der Waals surface area contributed by atoms with E-state index in [1.165, 1.54) is 18.4 Å². The molecule has 0 N–H and O–H groups in total. The van der Waals surface area contributed by atoms with Gasteiger partial charge in [0.15, 0.2) is 0 Å². The molecule has 0 amide bonds. The Morgan fingerprint density at radius 2 is 1.93 bits per heavy atom. The van der Waals surface area contributed by atoms with Crippen molar-refractivity contribution >= 4 is 11.7 Å². The Morgan fingerprint density at radius 1 is 1.13 bits per heavy atom. The Hall–Kier alpha value is -1.51. The molecule has 78 valence electrons. The van der Waals surface area contributed by atoms with Crippen LogP contribution in [0.5, 0.6) is 0 Å². The van der Waals surface area contributed by atoms with Crippen LogP contribution in [0, 0.1) is 0 Å². The summed E-state index contributed by atoms with van der Waals surface area (Å²) in [6.45, 7) is 2.83. The van der Waals surface area contributed by atoms with Gasteiger partial charge in [-0.2, -0.15) is 4.99 Å². The average molecular weight is 202 g/mol. The van der Waals surface area contributed by atoms with Crippen molar-refractivity contribution < 1.29 is 4.74 Å². The van der Waals surface area contributed by atoms with Gasteiger partial charge >= 0.3 is 0 Å². The standard InChI is InChI=1S/C12H14N2O/c1-2-6-11-10(5-1)9-15-12(13-11)14-7-3-4-8-14/h1-2,5-6H,3-4,7-9H2. The summed E-state index contributed by atoms with van der Waals surface area (Å²) in [5.41, 5.74) is 2.24. The van der Waals surface area contributed by atoms with Crippen molar-refractivity contribution in [2.24, 2.45) is 4.99 Å². The molecule has 3 rings (SSSR count). The number of fused-ring (bicyclic) bond motifs is 1. The van der Waals surface area contributed by atoms with Crippen LogP contribution in [0.2, 0.25) is 0 Å². The summed E-state index contributed by atoms with van der Waals surface area (Å²) in [6.07, 6.45) is 2.51. The van der Waals surface area contributed by atoms with Gasteiger partial charge < -0.3 is 9.64 Å². The minimum absolute atomic E-state index is 0.658. The van der Waals surface area contributed by atoms with Gasteiger partial charge in [0, 0.05) is 18.7 Å². The van der Waals surface area contributed by atoms with E-state index in [1.807, 2.05) is 18.2 Å². The van der Waals surface area contributed by atoms with Gasteiger partial charge in [-0.15, -0.1) is 0 Å². The number of rotatable bonds is 0. The summed E-state index contributed by atoms with van der Waals surface area (Å²) in [5, 5.41) is 0. The van der Waals surface area contributed by atoms with Crippen molar-refractivity contribution in [1.82, 2.24) is 4.90 Å². The first kappa shape index (κ1) is 8.77. The zero-order valence-corrected chi connectivity index (χ0v) is 8.65. The van der Waals surface area contributed by atoms with Crippen LogP contribution < -0.4 is 0 Å². The van der Waals surface area contributed by atoms with Gasteiger partial charge in [-0.05, 0) is 18.9 Å². The molecule has 0 unspecified atom stereocenters. The Balaban J connectivity index is 1.91. The van der Waals surface area contributed by atoms with Crippen molar-refractivity contribution in [3.05, 3.63) is 29.8 Å². The number of aliphatic imine (C=N–C) groups is 1. The van der Waals surface area contributed by atoms with Crippen LogP contribution in [-0.4, -0.2) is 24.0 Å². The normalized spacial score (nSPS) is 19.5. The lowest BCUT2D eigenvalue weighted by molar-refractivity contribution is 0.229. The molecule has 0 spiro atoms. The molecule has 2 aliphatic heterocycles. The fourth-order valence-corrected chi connectivity index (χ4v) is 2.09. The molecule has 1 saturated heterocycles. The molecule has 0 radical (unpaired) electrons. The predicted molar refractivity (Wildman–Crippen MR) is 59.1 cm³/mol. The summed E-state index contributed by atoms with van der Waals surface area (Å²) >= 11 is 0. The molecule has 1 fully saturated rings. The van der Waals surface area contributed by atoms with E-state index < -0.39 is 0 Å². The molecule has 2 heterocycles. The van der Waals surface area contributed by atoms with E-state index in [9.17, 15) is 0 Å². The lowest BCUT2D eigenvalue weighted by Gasteiger charge is -2.23. The quantitative estimate of drug-likeness (QED) is 0.645. The predicted octanol–water partition coefficient (Wildman–Crippen LogP) is 2.30. The number of amidine groups is 1. The summed E-state index contributed by atoms with van der Waals surface area (Å²) in [6, 6.07) is 8.98. The molecular weight excluding hydrogens is 188 g/mol. The Kier molecular flexibility index (Phi) is 2.09. The van der Waals surface area contributed by atoms with Gasteiger partial charge in [0.2, 0.25) is 0 Å². The smallest absolute Gasteiger partial charge is 0.292 e. The first-order valence-corrected chi connectivity index (χ1v) is 5.48. The van der Waals surface area contributed by atoms with Crippen LogP contribution in [0.15, 0.2) is 29.3 Å². The van der Waals surface area contributed by atoms with Crippen molar-refractivity contribution in [2.75, 3.05) is 13.1 Å². The highest BCUT2D eigenvalue weighted by Gasteiger charge is 2.21. The molecule has 3 nitrogen and oxygen atoms in total. The van der Waals surface area contributed by atoms with E-state index in [0.29, 0.717) is 6.61 Å². The largest absolute Gasteiger partial charge is 0.460 e. The highest BCUT2D eigenvalue weighted by molar-refractivity contribution is 5.79. The third-order valence-electron chi connectivity index (χ3n) is 2.94. The SMILES string of the molecule is c1ccc2c(c1)COC(N1CCCC1)=N2. The summed E-state index contributed by atoms with van der Waals surface area (Å²) in [4.78, 5) is 6.78. The van der Waals surface area contributed by atoms with E-state index >= 15 is 0 Å². The second-order valence-electron chi connectivity index (χ2n) is 4.01. The number of para-hydroxylation sites is 1. The average Bonchev–Trinajstić information content (AvgIpc) is 2.82. The van der Waals surface area contributed by atoms with Crippen molar-refractivity contribution in [3.8, 4) is 0 Å². The molecule has 0 bridgehead atoms. The molecule has 1 aromatic carbocycles. The molecule has 3 heteroatoms. The first-order chi connectivity index (χ1) is 7.43. The van der Waals surface area contributed by atoms with E-state index in [4.69, 9.17) is 4.74 Å². The summed E-state index contributed by atoms with van der Waals surface area (Å²) in [5.74, 6) is 0. The minimum Gasteiger partial charge on any atom is -0.460 e. The van der Waals surface area contributed by atoms with Crippen molar-refractivity contribution in [1.29, 1.82) is 0 Å². The minimum atomic E-state index is 0.658. The number of nitrogens with zero attached hydrogens (tertiary/aromatic N) is 2. The first-order valence-electron chi connectivity index (χ1n) is 5.48. The maximum atomic E-state index is 5.66. The molecular formula is C12H14N2O. The Labute approximate surface area is 89.4 Å². The molecule has 0 saturated carbocycles. The second-order valence-corrected chi connectivity index (χ2v) is 4.01. The number of benzene rings is 1. The monoisotopic (exact) mass is 202 g/mol. The highest BCUT2D eigenvalue weighted by Crippen LogP contribution is 2.25. The maximum Gasteiger partial charge on any atom is 0.292 e. The van der Waals surface area contributed by atoms with Crippen LogP contribution in [0.3, 0.4) is 0 Å². The van der Waals surface area contributed by atoms with Gasteiger partial charge in [-0.25, -0.2) is 0 Å². The highest BCUT2D eigenvalue weighted by atomic mass is 16.5. The summed E-state index contributed by atoms with van der Waals surface area (Å²) in [7, 11) is 0. The number of hydrogen-bond acceptors (Lipinski definition) is 3. The Morgan fingerprint density at radius 3 is 2.80 bits per heavy atom. The van der Waals surface area contributed by atoms with Crippen molar-refractivity contribution in [3.63, 3.8) is 0 Å². The second kappa shape index (κ2) is 3.57. The van der Waals surface area contributed by atoms with Crippen LogP contribution in [-0.2, 0) is 11.3 Å². The third kappa shape index (κ3) is 1.58. The van der Waals surface area contributed by atoms with E-state index in [-0.39, 0.29) is 0 Å². The maximum absolute atomic E-state index is 5.66. The van der Waals surface area contributed by atoms with Gasteiger partial charge in [0.05, 0.1) is 5.69 Å². The lowest BCUT2D eigenvalue weighted by Crippen LogP contribution is -2.31. The van der Waals surface area contributed by atoms with E-state index in [1.54, 1.807) is 0 Å². The molecule has 0 aliphatic carbocycles. The topological polar surface area (TPSA) is 24.8 Å². The fourth-order valence-electron chi connectivity index (χ4n) is 2.09. The number of likely N-dealkylation sites (tertiary alicyclic amines) is 1. The molecule has 0 atom stereocenters. The Bertz CT molecular complexity index is 394. The number of ether oxygens (including phenoxy) is 1. The zero-order chi connectivity index (χ0) is 10.1. The number of hydrogen-bond donors (Lipinski definition) is 0. The van der Waals surface area contributed by atoms with Crippen LogP contribution in [0.1, 0.15) is 18.4 Å². The fraction of sp³-hybridized carbons (Fsp3) is 0.417.